The highest BCUT2D eigenvalue weighted by atomic mass is 32.2. The molecule has 1 aliphatic rings. The van der Waals surface area contributed by atoms with Crippen molar-refractivity contribution in [2.75, 3.05) is 26.7 Å². The summed E-state index contributed by atoms with van der Waals surface area (Å²) in [6.07, 6.45) is 0.800. The van der Waals surface area contributed by atoms with Crippen molar-refractivity contribution in [1.29, 1.82) is 0 Å². The van der Waals surface area contributed by atoms with Gasteiger partial charge in [0.1, 0.15) is 11.1 Å². The highest BCUT2D eigenvalue weighted by Gasteiger charge is 2.40. The predicted octanol–water partition coefficient (Wildman–Crippen LogP) is 3.88. The first-order valence-corrected chi connectivity index (χ1v) is 10.8. The van der Waals surface area contributed by atoms with Crippen LogP contribution in [0.2, 0.25) is 0 Å². The zero-order valence-electron chi connectivity index (χ0n) is 17.8. The molecule has 3 amide bonds. The normalized spacial score (nSPS) is 19.6. The number of likely N-dealkylation sites (N-methyl/N-ethyl adjacent to an activating group) is 1. The van der Waals surface area contributed by atoms with E-state index in [4.69, 9.17) is 4.74 Å². The van der Waals surface area contributed by atoms with Crippen molar-refractivity contribution >= 4 is 23.7 Å². The van der Waals surface area contributed by atoms with Gasteiger partial charge in [0.2, 0.25) is 5.91 Å². The number of nitrogens with one attached hydrogen (secondary N) is 1. The molecular formula is C21H33N3O3S. The summed E-state index contributed by atoms with van der Waals surface area (Å²) < 4.78 is 5.24. The van der Waals surface area contributed by atoms with Crippen molar-refractivity contribution < 1.29 is 14.3 Å². The van der Waals surface area contributed by atoms with Gasteiger partial charge in [-0.1, -0.05) is 19.1 Å². The molecule has 2 atom stereocenters. The van der Waals surface area contributed by atoms with Gasteiger partial charge in [-0.2, -0.15) is 0 Å². The Morgan fingerprint density at radius 3 is 2.39 bits per heavy atom. The summed E-state index contributed by atoms with van der Waals surface area (Å²) in [7, 11) is 1.64. The van der Waals surface area contributed by atoms with E-state index in [9.17, 15) is 9.59 Å². The number of nitrogens with zero attached hydrogens (tertiary/aromatic N) is 2. The lowest BCUT2D eigenvalue weighted by Crippen LogP contribution is -2.50. The standard InChI is InChI=1S/C21H33N3O3S/c1-7-17-18(25)24(14-13-23(8-2)20(26)22-21(3,4)5)19(28-17)15-9-11-16(27-6)12-10-15/h9-12,17,19H,7-8,13-14H2,1-6H3,(H,22,26)/t17-,19-/m0/s1. The third kappa shape index (κ3) is 5.56. The van der Waals surface area contributed by atoms with E-state index in [1.165, 1.54) is 0 Å². The van der Waals surface area contributed by atoms with Gasteiger partial charge in [-0.3, -0.25) is 4.79 Å². The maximum absolute atomic E-state index is 12.9. The Morgan fingerprint density at radius 1 is 1.25 bits per heavy atom. The predicted molar refractivity (Wildman–Crippen MR) is 115 cm³/mol. The molecule has 156 valence electrons. The molecule has 0 bridgehead atoms. The number of urea groups is 1. The Bertz CT molecular complexity index is 672. The third-order valence-corrected chi connectivity index (χ3v) is 6.32. The quantitative estimate of drug-likeness (QED) is 0.745. The molecule has 28 heavy (non-hydrogen) atoms. The summed E-state index contributed by atoms with van der Waals surface area (Å²) in [6, 6.07) is 7.78. The smallest absolute Gasteiger partial charge is 0.317 e. The number of rotatable bonds is 7. The van der Waals surface area contributed by atoms with E-state index in [0.717, 1.165) is 17.7 Å². The molecule has 1 heterocycles. The van der Waals surface area contributed by atoms with Gasteiger partial charge in [-0.05, 0) is 51.8 Å². The fraction of sp³-hybridized carbons (Fsp3) is 0.619. The molecule has 6 nitrogen and oxygen atoms in total. The summed E-state index contributed by atoms with van der Waals surface area (Å²) in [5, 5.41) is 2.93. The minimum absolute atomic E-state index is 0.0345. The van der Waals surface area contributed by atoms with Gasteiger partial charge in [-0.15, -0.1) is 11.8 Å². The lowest BCUT2D eigenvalue weighted by molar-refractivity contribution is -0.130. The molecule has 0 saturated carbocycles. The zero-order chi connectivity index (χ0) is 20.9. The minimum Gasteiger partial charge on any atom is -0.497 e. The van der Waals surface area contributed by atoms with E-state index in [2.05, 4.69) is 5.32 Å². The van der Waals surface area contributed by atoms with Crippen molar-refractivity contribution in [3.8, 4) is 5.75 Å². The van der Waals surface area contributed by atoms with Crippen LogP contribution in [-0.2, 0) is 4.79 Å². The Morgan fingerprint density at radius 2 is 1.89 bits per heavy atom. The van der Waals surface area contributed by atoms with E-state index in [0.29, 0.717) is 19.6 Å². The van der Waals surface area contributed by atoms with Crippen LogP contribution in [0.3, 0.4) is 0 Å². The van der Waals surface area contributed by atoms with Gasteiger partial charge < -0.3 is 19.9 Å². The van der Waals surface area contributed by atoms with Gasteiger partial charge >= 0.3 is 6.03 Å². The number of ether oxygens (including phenoxy) is 1. The van der Waals surface area contributed by atoms with Crippen LogP contribution in [0.15, 0.2) is 24.3 Å². The topological polar surface area (TPSA) is 61.9 Å². The molecule has 1 N–H and O–H groups in total. The van der Waals surface area contributed by atoms with Gasteiger partial charge in [0.05, 0.1) is 12.4 Å². The molecule has 0 unspecified atom stereocenters. The molecule has 1 aliphatic heterocycles. The highest BCUT2D eigenvalue weighted by Crippen LogP contribution is 2.44. The molecule has 2 rings (SSSR count). The Kier molecular flexibility index (Phi) is 7.63. The summed E-state index contributed by atoms with van der Waals surface area (Å²) >= 11 is 1.69. The van der Waals surface area contributed by atoms with Crippen molar-refractivity contribution in [3.05, 3.63) is 29.8 Å². The second-order valence-corrected chi connectivity index (χ2v) is 9.24. The SMILES string of the molecule is CC[C@@H]1S[C@@H](c2ccc(OC)cc2)N(CCN(CC)C(=O)NC(C)(C)C)C1=O. The van der Waals surface area contributed by atoms with Crippen LogP contribution in [-0.4, -0.2) is 59.3 Å². The summed E-state index contributed by atoms with van der Waals surface area (Å²) in [5.41, 5.74) is 0.792. The Hall–Kier alpha value is -1.89. The maximum atomic E-state index is 12.9. The fourth-order valence-electron chi connectivity index (χ4n) is 3.14. The second kappa shape index (κ2) is 9.54. The largest absolute Gasteiger partial charge is 0.497 e. The molecule has 1 aromatic rings. The summed E-state index contributed by atoms with van der Waals surface area (Å²) in [6.45, 7) is 11.5. The van der Waals surface area contributed by atoms with Crippen molar-refractivity contribution in [2.24, 2.45) is 0 Å². The molecule has 0 aromatic heterocycles. The van der Waals surface area contributed by atoms with Crippen LogP contribution in [0.25, 0.3) is 0 Å². The molecule has 1 aromatic carbocycles. The third-order valence-electron chi connectivity index (χ3n) is 4.67. The number of benzene rings is 1. The molecule has 0 spiro atoms. The number of hydrogen-bond donors (Lipinski definition) is 1. The average molecular weight is 408 g/mol. The number of hydrogen-bond acceptors (Lipinski definition) is 4. The number of carbonyl (C=O) groups is 2. The number of methoxy groups -OCH3 is 1. The molecule has 7 heteroatoms. The van der Waals surface area contributed by atoms with Gasteiger partial charge in [0.25, 0.3) is 0 Å². The number of amides is 3. The molecule has 0 radical (unpaired) electrons. The Labute approximate surface area is 173 Å². The second-order valence-electron chi connectivity index (χ2n) is 7.95. The van der Waals surface area contributed by atoms with Gasteiger partial charge in [-0.25, -0.2) is 4.79 Å². The zero-order valence-corrected chi connectivity index (χ0v) is 18.6. The Balaban J connectivity index is 2.12. The lowest BCUT2D eigenvalue weighted by atomic mass is 10.1. The van der Waals surface area contributed by atoms with E-state index >= 15 is 0 Å². The summed E-state index contributed by atoms with van der Waals surface area (Å²) in [4.78, 5) is 29.1. The van der Waals surface area contributed by atoms with Crippen LogP contribution < -0.4 is 10.1 Å². The van der Waals surface area contributed by atoms with Gasteiger partial charge in [0, 0.05) is 25.2 Å². The molecular weight excluding hydrogens is 374 g/mol. The fourth-order valence-corrected chi connectivity index (χ4v) is 4.57. The van der Waals surface area contributed by atoms with Crippen molar-refractivity contribution in [3.63, 3.8) is 0 Å². The minimum atomic E-state index is -0.289. The number of thioether (sulfide) groups is 1. The van der Waals surface area contributed by atoms with E-state index < -0.39 is 0 Å². The first-order chi connectivity index (χ1) is 13.2. The highest BCUT2D eigenvalue weighted by molar-refractivity contribution is 8.01. The molecule has 1 saturated heterocycles. The lowest BCUT2D eigenvalue weighted by Gasteiger charge is -2.30. The maximum Gasteiger partial charge on any atom is 0.317 e. The molecule has 0 aliphatic carbocycles. The van der Waals surface area contributed by atoms with Gasteiger partial charge in [0.15, 0.2) is 0 Å². The van der Waals surface area contributed by atoms with Crippen LogP contribution in [0.4, 0.5) is 4.79 Å². The van der Waals surface area contributed by atoms with E-state index in [-0.39, 0.29) is 28.1 Å². The first kappa shape index (κ1) is 22.4. The van der Waals surface area contributed by atoms with Crippen LogP contribution in [0.5, 0.6) is 5.75 Å². The summed E-state index contributed by atoms with van der Waals surface area (Å²) in [5.74, 6) is 0.952. The van der Waals surface area contributed by atoms with Crippen molar-refractivity contribution in [1.82, 2.24) is 15.1 Å². The number of carbonyl (C=O) groups excluding carboxylic acids is 2. The van der Waals surface area contributed by atoms with Crippen molar-refractivity contribution in [2.45, 2.75) is 57.2 Å². The van der Waals surface area contributed by atoms with E-state index in [1.54, 1.807) is 23.8 Å². The van der Waals surface area contributed by atoms with Crippen LogP contribution >= 0.6 is 11.8 Å². The average Bonchev–Trinajstić information content (AvgIpc) is 2.96. The monoisotopic (exact) mass is 407 g/mol. The van der Waals surface area contributed by atoms with Crippen LogP contribution in [0.1, 0.15) is 52.0 Å². The van der Waals surface area contributed by atoms with E-state index in [1.807, 2.05) is 63.8 Å². The molecule has 1 fully saturated rings. The van der Waals surface area contributed by atoms with Crippen LogP contribution in [0, 0.1) is 0 Å². The first-order valence-electron chi connectivity index (χ1n) is 9.87.